The van der Waals surface area contributed by atoms with Gasteiger partial charge in [-0.2, -0.15) is 0 Å². The number of rotatable bonds is 3. The number of carbonyl (C=O) groups is 2. The van der Waals surface area contributed by atoms with Gasteiger partial charge in [0.15, 0.2) is 0 Å². The number of hydrazine groups is 1. The Bertz CT molecular complexity index is 1120. The molecule has 0 saturated carbocycles. The Hall–Kier alpha value is -3.12. The van der Waals surface area contributed by atoms with E-state index < -0.39 is 6.17 Å². The van der Waals surface area contributed by atoms with Crippen LogP contribution in [0, 0.1) is 20.8 Å². The Kier molecular flexibility index (Phi) is 5.35. The van der Waals surface area contributed by atoms with Crippen LogP contribution < -0.4 is 10.7 Å². The average molecular weight is 464 g/mol. The van der Waals surface area contributed by atoms with Gasteiger partial charge in [0.1, 0.15) is 6.17 Å². The third-order valence-corrected chi connectivity index (χ3v) is 5.74. The maximum atomic E-state index is 13.5. The number of fused-ring (bicyclic) bond motifs is 1. The first kappa shape index (κ1) is 20.2. The first-order chi connectivity index (χ1) is 14.3. The lowest BCUT2D eigenvalue weighted by molar-refractivity contribution is 0.0489. The van der Waals surface area contributed by atoms with Crippen molar-refractivity contribution < 1.29 is 9.59 Å². The lowest BCUT2D eigenvalue weighted by Crippen LogP contribution is -2.53. The zero-order valence-electron chi connectivity index (χ0n) is 17.0. The molecule has 1 atom stereocenters. The van der Waals surface area contributed by atoms with E-state index >= 15 is 0 Å². The van der Waals surface area contributed by atoms with Crippen molar-refractivity contribution in [2.45, 2.75) is 26.9 Å². The Labute approximate surface area is 184 Å². The summed E-state index contributed by atoms with van der Waals surface area (Å²) in [6.07, 6.45) is -0.528. The molecule has 5 nitrogen and oxygen atoms in total. The lowest BCUT2D eigenvalue weighted by Gasteiger charge is -2.39. The summed E-state index contributed by atoms with van der Waals surface area (Å²) < 4.78 is 0.798. The van der Waals surface area contributed by atoms with Gasteiger partial charge >= 0.3 is 0 Å². The number of aryl methyl sites for hydroxylation is 3. The molecular formula is C24H22BrN3O2. The highest BCUT2D eigenvalue weighted by Gasteiger charge is 2.36. The molecule has 0 saturated heterocycles. The van der Waals surface area contributed by atoms with Gasteiger partial charge in [-0.1, -0.05) is 51.8 Å². The normalized spacial score (nSPS) is 15.4. The van der Waals surface area contributed by atoms with E-state index in [2.05, 4.69) is 38.8 Å². The fraction of sp³-hybridized carbons (Fsp3) is 0.167. The number of anilines is 1. The minimum atomic E-state index is -0.528. The number of nitrogens with one attached hydrogen (secondary N) is 2. The second kappa shape index (κ2) is 7.95. The lowest BCUT2D eigenvalue weighted by atomic mass is 9.95. The van der Waals surface area contributed by atoms with E-state index in [1.807, 2.05) is 39.0 Å². The summed E-state index contributed by atoms with van der Waals surface area (Å²) in [6.45, 7) is 6.09. The van der Waals surface area contributed by atoms with Gasteiger partial charge in [0.05, 0.1) is 5.56 Å². The second-order valence-electron chi connectivity index (χ2n) is 7.53. The summed E-state index contributed by atoms with van der Waals surface area (Å²) in [7, 11) is 0. The smallest absolute Gasteiger partial charge is 0.276 e. The minimum Gasteiger partial charge on any atom is -0.359 e. The van der Waals surface area contributed by atoms with Crippen molar-refractivity contribution in [3.63, 3.8) is 0 Å². The highest BCUT2D eigenvalue weighted by Crippen LogP contribution is 2.36. The van der Waals surface area contributed by atoms with Gasteiger partial charge in [-0.15, -0.1) is 0 Å². The fourth-order valence-electron chi connectivity index (χ4n) is 3.98. The van der Waals surface area contributed by atoms with Crippen LogP contribution in [0.4, 0.5) is 5.69 Å². The monoisotopic (exact) mass is 463 g/mol. The molecule has 2 amide bonds. The summed E-state index contributed by atoms with van der Waals surface area (Å²) in [5.41, 5.74) is 8.78. The molecule has 0 bridgehead atoms. The third kappa shape index (κ3) is 3.71. The highest BCUT2D eigenvalue weighted by atomic mass is 79.9. The molecule has 0 spiro atoms. The molecule has 0 aliphatic carbocycles. The number of hydrogen-bond acceptors (Lipinski definition) is 3. The number of halogens is 1. The Morgan fingerprint density at radius 2 is 1.67 bits per heavy atom. The molecule has 152 valence electrons. The van der Waals surface area contributed by atoms with Crippen LogP contribution in [0.3, 0.4) is 0 Å². The fourth-order valence-corrected chi connectivity index (χ4v) is 4.34. The van der Waals surface area contributed by atoms with E-state index in [0.717, 1.165) is 32.4 Å². The molecule has 0 unspecified atom stereocenters. The van der Waals surface area contributed by atoms with Crippen LogP contribution in [0.5, 0.6) is 0 Å². The van der Waals surface area contributed by atoms with E-state index in [1.165, 1.54) is 5.01 Å². The molecule has 0 aromatic heterocycles. The number of hydrogen-bond donors (Lipinski definition) is 2. The molecule has 1 aliphatic heterocycles. The maximum absolute atomic E-state index is 13.5. The van der Waals surface area contributed by atoms with E-state index in [-0.39, 0.29) is 11.8 Å². The van der Waals surface area contributed by atoms with Crippen molar-refractivity contribution in [2.24, 2.45) is 0 Å². The maximum Gasteiger partial charge on any atom is 0.276 e. The Morgan fingerprint density at radius 3 is 2.33 bits per heavy atom. The summed E-state index contributed by atoms with van der Waals surface area (Å²) >= 11 is 3.43. The van der Waals surface area contributed by atoms with Crippen molar-refractivity contribution in [1.29, 1.82) is 0 Å². The molecule has 4 rings (SSSR count). The predicted molar refractivity (Wildman–Crippen MR) is 121 cm³/mol. The van der Waals surface area contributed by atoms with Crippen molar-refractivity contribution in [3.05, 3.63) is 98.5 Å². The molecule has 3 aromatic carbocycles. The largest absolute Gasteiger partial charge is 0.359 e. The zero-order chi connectivity index (χ0) is 21.4. The molecule has 0 radical (unpaired) electrons. The van der Waals surface area contributed by atoms with Gasteiger partial charge < -0.3 is 5.32 Å². The van der Waals surface area contributed by atoms with Crippen molar-refractivity contribution in [2.75, 3.05) is 5.32 Å². The molecule has 6 heteroatoms. The van der Waals surface area contributed by atoms with Gasteiger partial charge in [-0.05, 0) is 62.2 Å². The topological polar surface area (TPSA) is 61.4 Å². The molecule has 30 heavy (non-hydrogen) atoms. The first-order valence-electron chi connectivity index (χ1n) is 9.68. The van der Waals surface area contributed by atoms with Gasteiger partial charge in [0.2, 0.25) is 0 Å². The number of carbonyl (C=O) groups excluding carboxylic acids is 2. The van der Waals surface area contributed by atoms with Crippen LogP contribution in [0.2, 0.25) is 0 Å². The van der Waals surface area contributed by atoms with Gasteiger partial charge in [-0.3, -0.25) is 15.0 Å². The molecule has 1 aliphatic rings. The van der Waals surface area contributed by atoms with Gasteiger partial charge in [-0.25, -0.2) is 5.01 Å². The van der Waals surface area contributed by atoms with Crippen LogP contribution in [0.25, 0.3) is 0 Å². The predicted octanol–water partition coefficient (Wildman–Crippen LogP) is 5.29. The number of benzene rings is 3. The Morgan fingerprint density at radius 1 is 1.00 bits per heavy atom. The summed E-state index contributed by atoms with van der Waals surface area (Å²) in [5, 5.41) is 4.85. The Balaban J connectivity index is 1.80. The molecule has 0 fully saturated rings. The van der Waals surface area contributed by atoms with Crippen LogP contribution in [-0.4, -0.2) is 16.8 Å². The number of amides is 2. The standard InChI is InChI=1S/C24H22BrN3O2/c1-14-11-15(2)21(16(3)12-14)22-26-20-10-9-18(25)13-19(20)24(30)28(22)27-23(29)17-7-5-4-6-8-17/h4-13,22,26H,1-3H3,(H,27,29)/t22-/m1/s1. The average Bonchev–Trinajstić information content (AvgIpc) is 2.71. The molecule has 2 N–H and O–H groups in total. The third-order valence-electron chi connectivity index (χ3n) is 5.25. The van der Waals surface area contributed by atoms with Crippen LogP contribution in [-0.2, 0) is 0 Å². The van der Waals surface area contributed by atoms with E-state index in [0.29, 0.717) is 11.1 Å². The highest BCUT2D eigenvalue weighted by molar-refractivity contribution is 9.10. The molecular weight excluding hydrogens is 442 g/mol. The summed E-state index contributed by atoms with van der Waals surface area (Å²) in [4.78, 5) is 26.4. The summed E-state index contributed by atoms with van der Waals surface area (Å²) in [6, 6.07) is 18.6. The van der Waals surface area contributed by atoms with Crippen molar-refractivity contribution >= 4 is 33.4 Å². The minimum absolute atomic E-state index is 0.265. The van der Waals surface area contributed by atoms with Gasteiger partial charge in [0, 0.05) is 21.3 Å². The SMILES string of the molecule is Cc1cc(C)c([C@@H]2Nc3ccc(Br)cc3C(=O)N2NC(=O)c2ccccc2)c(C)c1. The van der Waals surface area contributed by atoms with Crippen LogP contribution in [0.1, 0.15) is 49.1 Å². The van der Waals surface area contributed by atoms with Crippen molar-refractivity contribution in [1.82, 2.24) is 10.4 Å². The number of nitrogens with zero attached hydrogens (tertiary/aromatic N) is 1. The van der Waals surface area contributed by atoms with E-state index in [1.54, 1.807) is 30.3 Å². The van der Waals surface area contributed by atoms with Crippen molar-refractivity contribution in [3.8, 4) is 0 Å². The molecule has 1 heterocycles. The quantitative estimate of drug-likeness (QED) is 0.554. The first-order valence-corrected chi connectivity index (χ1v) is 10.5. The van der Waals surface area contributed by atoms with E-state index in [4.69, 9.17) is 0 Å². The van der Waals surface area contributed by atoms with Crippen LogP contribution in [0.15, 0.2) is 65.1 Å². The van der Waals surface area contributed by atoms with Crippen LogP contribution >= 0.6 is 15.9 Å². The van der Waals surface area contributed by atoms with E-state index in [9.17, 15) is 9.59 Å². The van der Waals surface area contributed by atoms with Gasteiger partial charge in [0.25, 0.3) is 11.8 Å². The summed E-state index contributed by atoms with van der Waals surface area (Å²) in [5.74, 6) is -0.602. The second-order valence-corrected chi connectivity index (χ2v) is 8.45. The molecule has 3 aromatic rings. The zero-order valence-corrected chi connectivity index (χ0v) is 18.6.